The summed E-state index contributed by atoms with van der Waals surface area (Å²) in [4.78, 5) is 2.43. The van der Waals surface area contributed by atoms with Crippen LogP contribution < -0.4 is 0 Å². The second kappa shape index (κ2) is 7.86. The van der Waals surface area contributed by atoms with Crippen molar-refractivity contribution in [1.82, 2.24) is 4.90 Å². The smallest absolute Gasteiger partial charge is 0.123 e. The summed E-state index contributed by atoms with van der Waals surface area (Å²) in [6, 6.07) is 14.3. The molecule has 0 bridgehead atoms. The maximum atomic E-state index is 13.0. The lowest BCUT2D eigenvalue weighted by atomic mass is 9.77. The van der Waals surface area contributed by atoms with Crippen LogP contribution in [-0.2, 0) is 12.0 Å². The van der Waals surface area contributed by atoms with Gasteiger partial charge in [-0.25, -0.2) is 4.39 Å². The van der Waals surface area contributed by atoms with Crippen molar-refractivity contribution in [3.63, 3.8) is 0 Å². The lowest BCUT2D eigenvalue weighted by Crippen LogP contribution is -2.42. The zero-order valence-corrected chi connectivity index (χ0v) is 15.3. The first-order valence-corrected chi connectivity index (χ1v) is 9.28. The predicted octanol–water partition coefficient (Wildman–Crippen LogP) is 4.64. The SMILES string of the molecule is CC(O)(c1ccc(Cl)cc1)C1CCN(CCc2ccc(F)cc2)CC1. The summed E-state index contributed by atoms with van der Waals surface area (Å²) in [6.45, 7) is 4.85. The van der Waals surface area contributed by atoms with E-state index in [4.69, 9.17) is 11.6 Å². The predicted molar refractivity (Wildman–Crippen MR) is 100 cm³/mol. The van der Waals surface area contributed by atoms with Gasteiger partial charge in [-0.2, -0.15) is 0 Å². The molecule has 0 aliphatic carbocycles. The standard InChI is InChI=1S/C21H25ClFNO/c1-21(25,17-4-6-19(22)7-5-17)18-11-14-24(15-12-18)13-10-16-2-8-20(23)9-3-16/h2-9,18,25H,10-15H2,1H3. The van der Waals surface area contributed by atoms with Gasteiger partial charge >= 0.3 is 0 Å². The minimum atomic E-state index is -0.826. The number of benzene rings is 2. The van der Waals surface area contributed by atoms with E-state index in [0.717, 1.165) is 50.0 Å². The monoisotopic (exact) mass is 361 g/mol. The Morgan fingerprint density at radius 2 is 1.68 bits per heavy atom. The topological polar surface area (TPSA) is 23.5 Å². The summed E-state index contributed by atoms with van der Waals surface area (Å²) in [5, 5.41) is 11.7. The quantitative estimate of drug-likeness (QED) is 0.838. The van der Waals surface area contributed by atoms with Crippen LogP contribution in [0.25, 0.3) is 0 Å². The highest BCUT2D eigenvalue weighted by molar-refractivity contribution is 6.30. The van der Waals surface area contributed by atoms with Crippen molar-refractivity contribution in [1.29, 1.82) is 0 Å². The molecular weight excluding hydrogens is 337 g/mol. The zero-order valence-electron chi connectivity index (χ0n) is 14.6. The Bertz CT molecular complexity index is 676. The van der Waals surface area contributed by atoms with Crippen LogP contribution in [0.1, 0.15) is 30.9 Å². The highest BCUT2D eigenvalue weighted by Crippen LogP contribution is 2.36. The normalized spacial score (nSPS) is 18.9. The number of likely N-dealkylation sites (tertiary alicyclic amines) is 1. The molecule has 4 heteroatoms. The van der Waals surface area contributed by atoms with E-state index in [0.29, 0.717) is 5.02 Å². The first-order valence-electron chi connectivity index (χ1n) is 8.90. The number of piperidine rings is 1. The number of hydrogen-bond donors (Lipinski definition) is 1. The minimum absolute atomic E-state index is 0.186. The van der Waals surface area contributed by atoms with Gasteiger partial charge in [-0.15, -0.1) is 0 Å². The van der Waals surface area contributed by atoms with Crippen molar-refractivity contribution in [3.8, 4) is 0 Å². The fourth-order valence-corrected chi connectivity index (χ4v) is 3.81. The Hall–Kier alpha value is -1.42. The molecule has 1 N–H and O–H groups in total. The third kappa shape index (κ3) is 4.60. The Labute approximate surface area is 154 Å². The largest absolute Gasteiger partial charge is 0.385 e. The van der Waals surface area contributed by atoms with E-state index >= 15 is 0 Å². The van der Waals surface area contributed by atoms with Crippen molar-refractivity contribution in [3.05, 3.63) is 70.5 Å². The fraction of sp³-hybridized carbons (Fsp3) is 0.429. The molecule has 1 aliphatic rings. The van der Waals surface area contributed by atoms with Gasteiger partial charge in [0.05, 0.1) is 5.60 Å². The van der Waals surface area contributed by atoms with E-state index < -0.39 is 5.60 Å². The third-order valence-electron chi connectivity index (χ3n) is 5.44. The van der Waals surface area contributed by atoms with Crippen LogP contribution in [0, 0.1) is 11.7 Å². The molecule has 134 valence electrons. The number of rotatable bonds is 5. The van der Waals surface area contributed by atoms with Gasteiger partial charge in [-0.1, -0.05) is 35.9 Å². The maximum absolute atomic E-state index is 13.0. The summed E-state index contributed by atoms with van der Waals surface area (Å²) in [6.07, 6.45) is 2.87. The lowest BCUT2D eigenvalue weighted by Gasteiger charge is -2.40. The molecule has 2 nitrogen and oxygen atoms in total. The molecule has 1 heterocycles. The summed E-state index contributed by atoms with van der Waals surface area (Å²) in [7, 11) is 0. The van der Waals surface area contributed by atoms with Gasteiger partial charge < -0.3 is 10.0 Å². The van der Waals surface area contributed by atoms with E-state index in [1.165, 1.54) is 12.1 Å². The number of aliphatic hydroxyl groups is 1. The van der Waals surface area contributed by atoms with Crippen molar-refractivity contribution in [2.45, 2.75) is 31.8 Å². The Morgan fingerprint density at radius 3 is 2.28 bits per heavy atom. The second-order valence-electron chi connectivity index (χ2n) is 7.15. The molecule has 0 aromatic heterocycles. The molecule has 1 saturated heterocycles. The summed E-state index contributed by atoms with van der Waals surface area (Å²) in [5.41, 5.74) is 1.27. The molecule has 2 aromatic carbocycles. The number of nitrogens with zero attached hydrogens (tertiary/aromatic N) is 1. The first kappa shape index (κ1) is 18.4. The maximum Gasteiger partial charge on any atom is 0.123 e. The van der Waals surface area contributed by atoms with Gasteiger partial charge in [0, 0.05) is 11.6 Å². The molecule has 25 heavy (non-hydrogen) atoms. The van der Waals surface area contributed by atoms with Crippen LogP contribution in [-0.4, -0.2) is 29.6 Å². The van der Waals surface area contributed by atoms with Crippen LogP contribution >= 0.6 is 11.6 Å². The van der Waals surface area contributed by atoms with Crippen LogP contribution in [0.4, 0.5) is 4.39 Å². The van der Waals surface area contributed by atoms with E-state index in [2.05, 4.69) is 4.90 Å². The van der Waals surface area contributed by atoms with Gasteiger partial charge in [0.25, 0.3) is 0 Å². The highest BCUT2D eigenvalue weighted by atomic mass is 35.5. The van der Waals surface area contributed by atoms with Gasteiger partial charge in [-0.3, -0.25) is 0 Å². The summed E-state index contributed by atoms with van der Waals surface area (Å²) < 4.78 is 13.0. The molecule has 0 spiro atoms. The van der Waals surface area contributed by atoms with Crippen LogP contribution in [0.3, 0.4) is 0 Å². The van der Waals surface area contributed by atoms with Crippen LogP contribution in [0.5, 0.6) is 0 Å². The average molecular weight is 362 g/mol. The second-order valence-corrected chi connectivity index (χ2v) is 7.58. The average Bonchev–Trinajstić information content (AvgIpc) is 2.62. The van der Waals surface area contributed by atoms with Crippen molar-refractivity contribution in [2.24, 2.45) is 5.92 Å². The zero-order chi connectivity index (χ0) is 17.9. The fourth-order valence-electron chi connectivity index (χ4n) is 3.68. The van der Waals surface area contributed by atoms with Gasteiger partial charge in [0.1, 0.15) is 5.82 Å². The third-order valence-corrected chi connectivity index (χ3v) is 5.69. The minimum Gasteiger partial charge on any atom is -0.385 e. The Kier molecular flexibility index (Phi) is 5.78. The number of hydrogen-bond acceptors (Lipinski definition) is 2. The Balaban J connectivity index is 1.52. The molecule has 1 fully saturated rings. The summed E-state index contributed by atoms with van der Waals surface area (Å²) in [5.74, 6) is 0.0599. The summed E-state index contributed by atoms with van der Waals surface area (Å²) >= 11 is 5.95. The molecular formula is C21H25ClFNO. The van der Waals surface area contributed by atoms with E-state index in [9.17, 15) is 9.50 Å². The van der Waals surface area contributed by atoms with Crippen molar-refractivity contribution in [2.75, 3.05) is 19.6 Å². The molecule has 0 amide bonds. The van der Waals surface area contributed by atoms with E-state index in [1.807, 2.05) is 43.3 Å². The van der Waals surface area contributed by atoms with E-state index in [-0.39, 0.29) is 11.7 Å². The molecule has 1 aliphatic heterocycles. The first-order chi connectivity index (χ1) is 11.9. The molecule has 1 unspecified atom stereocenters. The van der Waals surface area contributed by atoms with Gasteiger partial charge in [-0.05, 0) is 80.6 Å². The van der Waals surface area contributed by atoms with E-state index in [1.54, 1.807) is 0 Å². The van der Waals surface area contributed by atoms with Crippen LogP contribution in [0.2, 0.25) is 5.02 Å². The molecule has 3 rings (SSSR count). The highest BCUT2D eigenvalue weighted by Gasteiger charge is 2.35. The van der Waals surface area contributed by atoms with Crippen molar-refractivity contribution >= 4 is 11.6 Å². The molecule has 1 atom stereocenters. The van der Waals surface area contributed by atoms with Gasteiger partial charge in [0.15, 0.2) is 0 Å². The molecule has 0 radical (unpaired) electrons. The molecule has 0 saturated carbocycles. The van der Waals surface area contributed by atoms with Crippen molar-refractivity contribution < 1.29 is 9.50 Å². The number of halogens is 2. The van der Waals surface area contributed by atoms with Gasteiger partial charge in [0.2, 0.25) is 0 Å². The molecule has 2 aromatic rings. The lowest BCUT2D eigenvalue weighted by molar-refractivity contribution is -0.0328. The van der Waals surface area contributed by atoms with Crippen LogP contribution in [0.15, 0.2) is 48.5 Å². The Morgan fingerprint density at radius 1 is 1.08 bits per heavy atom.